The lowest BCUT2D eigenvalue weighted by molar-refractivity contribution is -0.557. The van der Waals surface area contributed by atoms with Crippen LogP contribution in [0, 0.1) is 13.8 Å². The highest BCUT2D eigenvalue weighted by atomic mass is 28.3. The summed E-state index contributed by atoms with van der Waals surface area (Å²) in [4.78, 5) is 0. The number of aryl methyl sites for hydroxylation is 2. The third kappa shape index (κ3) is 4.46. The van der Waals surface area contributed by atoms with Gasteiger partial charge in [0.2, 0.25) is 0 Å². The van der Waals surface area contributed by atoms with Crippen LogP contribution in [0.15, 0.2) is 49.1 Å². The molecule has 1 aliphatic rings. The smallest absolute Gasteiger partial charge is 0.273 e. The second-order valence-electron chi connectivity index (χ2n) is 13.4. The van der Waals surface area contributed by atoms with Gasteiger partial charge in [-0.15, -0.1) is 36.2 Å². The highest BCUT2D eigenvalue weighted by Gasteiger charge is 2.61. The van der Waals surface area contributed by atoms with Crippen molar-refractivity contribution in [1.82, 2.24) is 0 Å². The number of hydrogen-bond acceptors (Lipinski definition) is 0. The van der Waals surface area contributed by atoms with Crippen LogP contribution >= 0.6 is 0 Å². The quantitative estimate of drug-likeness (QED) is 0.418. The second-order valence-corrected chi connectivity index (χ2v) is 24.4. The fourth-order valence-corrected chi connectivity index (χ4v) is 15.0. The predicted octanol–water partition coefficient (Wildman–Crippen LogP) is 6.71. The molecule has 1 aliphatic heterocycles. The van der Waals surface area contributed by atoms with Crippen molar-refractivity contribution in [3.05, 3.63) is 60.2 Å². The van der Waals surface area contributed by atoms with E-state index in [1.165, 1.54) is 36.4 Å². The summed E-state index contributed by atoms with van der Waals surface area (Å²) in [5.41, 5.74) is 4.38. The van der Waals surface area contributed by atoms with Gasteiger partial charge in [-0.05, 0) is 49.2 Å². The number of pyridine rings is 2. The Kier molecular flexibility index (Phi) is 7.09. The van der Waals surface area contributed by atoms with Gasteiger partial charge in [-0.3, -0.25) is 0 Å². The maximum atomic E-state index is 2.72. The first-order chi connectivity index (χ1) is 14.8. The molecule has 2 nitrogen and oxygen atoms in total. The van der Waals surface area contributed by atoms with Gasteiger partial charge in [-0.1, -0.05) is 53.1 Å². The van der Waals surface area contributed by atoms with Crippen molar-refractivity contribution >= 4 is 28.7 Å². The second kappa shape index (κ2) is 8.90. The first-order valence-electron chi connectivity index (χ1n) is 13.1. The number of nitrogens with zero attached hydrogens (tertiary/aromatic N) is 2. The van der Waals surface area contributed by atoms with E-state index in [1.807, 2.05) is 0 Å². The summed E-state index contributed by atoms with van der Waals surface area (Å²) in [6.07, 6.45) is 13.8. The Balaban J connectivity index is 2.28. The molecule has 2 aromatic heterocycles. The summed E-state index contributed by atoms with van der Waals surface area (Å²) in [6, 6.07) is 9.36. The van der Waals surface area contributed by atoms with Gasteiger partial charge in [-0.25, -0.2) is 0 Å². The van der Waals surface area contributed by atoms with Crippen LogP contribution < -0.4 is 8.96 Å². The Morgan fingerprint density at radius 3 is 1.16 bits per heavy atom. The minimum atomic E-state index is -1.42. The van der Waals surface area contributed by atoms with Gasteiger partial charge in [0.15, 0.2) is 0 Å². The Morgan fingerprint density at radius 2 is 0.938 bits per heavy atom. The van der Waals surface area contributed by atoms with Crippen molar-refractivity contribution in [2.45, 2.75) is 103 Å². The van der Waals surface area contributed by atoms with Crippen LogP contribution in [0.25, 0.3) is 0 Å². The largest absolute Gasteiger partial charge is 0.427 e. The van der Waals surface area contributed by atoms with Gasteiger partial charge < -0.3 is 8.96 Å². The number of aromatic nitrogens is 2. The summed E-state index contributed by atoms with van der Waals surface area (Å²) < 4.78 is 5.44. The molecule has 0 saturated carbocycles. The number of hydrogen-bond donors (Lipinski definition) is 0. The molecule has 0 N–H and O–H groups in total. The van der Waals surface area contributed by atoms with Crippen LogP contribution in [-0.2, 0) is 0 Å². The van der Waals surface area contributed by atoms with E-state index in [-0.39, 0.29) is 0 Å². The summed E-state index contributed by atoms with van der Waals surface area (Å²) in [6.45, 7) is 25.3. The maximum Gasteiger partial charge on any atom is 0.273 e. The van der Waals surface area contributed by atoms with Crippen molar-refractivity contribution in [2.75, 3.05) is 0 Å². The lowest BCUT2D eigenvalue weighted by Crippen LogP contribution is -2.81. The molecular formula is C26H48B2N2Si2. The third-order valence-corrected chi connectivity index (χ3v) is 15.8. The van der Waals surface area contributed by atoms with Crippen LogP contribution in [0.4, 0.5) is 0 Å². The molecule has 0 aliphatic carbocycles. The minimum absolute atomic E-state index is 0.650. The van der Waals surface area contributed by atoms with Crippen molar-refractivity contribution in [3.8, 4) is 0 Å². The minimum Gasteiger partial charge on any atom is -0.427 e. The molecule has 0 spiro atoms. The molecule has 0 amide bonds. The zero-order valence-electron chi connectivity index (χ0n) is 22.7. The summed E-state index contributed by atoms with van der Waals surface area (Å²) in [5, 5.41) is 0. The van der Waals surface area contributed by atoms with E-state index in [1.54, 1.807) is 0 Å². The van der Waals surface area contributed by atoms with Gasteiger partial charge >= 0.3 is 0 Å². The molecular weight excluding hydrogens is 418 g/mol. The topological polar surface area (TPSA) is 7.76 Å². The molecule has 6 heteroatoms. The lowest BCUT2D eigenvalue weighted by Gasteiger charge is -2.62. The van der Waals surface area contributed by atoms with E-state index in [0.717, 1.165) is 10.9 Å². The van der Waals surface area contributed by atoms with Gasteiger partial charge in [-0.2, -0.15) is 0 Å². The van der Waals surface area contributed by atoms with E-state index in [2.05, 4.69) is 125 Å². The van der Waals surface area contributed by atoms with E-state index in [0.29, 0.717) is 0 Å². The molecule has 0 bridgehead atoms. The Bertz CT molecular complexity index is 841. The van der Waals surface area contributed by atoms with Crippen LogP contribution in [0.2, 0.25) is 75.4 Å². The normalized spacial score (nSPS) is 29.2. The molecule has 3 rings (SSSR count). The van der Waals surface area contributed by atoms with Crippen LogP contribution in [0.1, 0.15) is 25.0 Å². The van der Waals surface area contributed by atoms with Crippen molar-refractivity contribution in [2.24, 2.45) is 0 Å². The molecule has 0 radical (unpaired) electrons. The summed E-state index contributed by atoms with van der Waals surface area (Å²) in [5.74, 6) is 0. The molecule has 1 fully saturated rings. The van der Waals surface area contributed by atoms with Crippen molar-refractivity contribution in [3.63, 3.8) is 0 Å². The fourth-order valence-electron chi connectivity index (χ4n) is 7.98. The van der Waals surface area contributed by atoms with Gasteiger partial charge in [0.1, 0.15) is 24.8 Å². The summed E-state index contributed by atoms with van der Waals surface area (Å²) in [7, 11) is -2.84. The Hall–Kier alpha value is -1.14. The average Bonchev–Trinajstić information content (AvgIpc) is 2.72. The standard InChI is InChI=1S/C26H48B2N2Si2/c1-11-27(29-17-13-23(3)14-18-29)21-26(32(8,9)10)28(12-2,22-25(27)31(5,6)7)30-19-15-24(4)16-20-30/h13-20,25-26H,11-12,21-22H2,1-10H3/t25-,26+,27-,28+. The molecule has 2 aromatic rings. The predicted molar refractivity (Wildman–Crippen MR) is 150 cm³/mol. The highest BCUT2D eigenvalue weighted by molar-refractivity contribution is 7.03. The van der Waals surface area contributed by atoms with E-state index >= 15 is 0 Å². The third-order valence-electron chi connectivity index (χ3n) is 9.69. The zero-order valence-corrected chi connectivity index (χ0v) is 24.7. The molecule has 1 saturated heterocycles. The monoisotopic (exact) mass is 466 g/mol. The van der Waals surface area contributed by atoms with Crippen LogP contribution in [0.5, 0.6) is 0 Å². The molecule has 3 heterocycles. The Labute approximate surface area is 200 Å². The van der Waals surface area contributed by atoms with Crippen LogP contribution in [0.3, 0.4) is 0 Å². The first kappa shape index (κ1) is 25.5. The van der Waals surface area contributed by atoms with Gasteiger partial charge in [0.25, 0.3) is 12.6 Å². The number of rotatable bonds is 6. The van der Waals surface area contributed by atoms with Crippen LogP contribution in [-0.4, -0.2) is 28.7 Å². The van der Waals surface area contributed by atoms with E-state index in [9.17, 15) is 0 Å². The Morgan fingerprint density at radius 1 is 0.656 bits per heavy atom. The van der Waals surface area contributed by atoms with E-state index < -0.39 is 28.7 Å². The van der Waals surface area contributed by atoms with E-state index in [4.69, 9.17) is 0 Å². The first-order valence-corrected chi connectivity index (χ1v) is 20.3. The maximum absolute atomic E-state index is 2.72. The zero-order chi connectivity index (χ0) is 23.9. The molecule has 0 aromatic carbocycles. The molecule has 176 valence electrons. The summed E-state index contributed by atoms with van der Waals surface area (Å²) >= 11 is 0. The lowest BCUT2D eigenvalue weighted by atomic mass is 9.12. The average molecular weight is 466 g/mol. The molecule has 0 unspecified atom stereocenters. The SMILES string of the molecule is CC[B@@-]1([n+]2ccc(C)cc2)C[C@H]([Si](C)(C)C)[B@@-](CC)([n+]2ccc(C)cc2)C[C@H]1[Si](C)(C)C. The molecule has 32 heavy (non-hydrogen) atoms. The van der Waals surface area contributed by atoms with Gasteiger partial charge in [0, 0.05) is 16.1 Å². The fraction of sp³-hybridized carbons (Fsp3) is 0.615. The van der Waals surface area contributed by atoms with Gasteiger partial charge in [0.05, 0.1) is 0 Å². The van der Waals surface area contributed by atoms with Crippen molar-refractivity contribution in [1.29, 1.82) is 0 Å². The highest BCUT2D eigenvalue weighted by Crippen LogP contribution is 2.55. The van der Waals surface area contributed by atoms with Crippen molar-refractivity contribution < 1.29 is 8.96 Å². The molecule has 4 atom stereocenters.